The Morgan fingerprint density at radius 3 is 2.21 bits per heavy atom. The van der Waals surface area contributed by atoms with Crippen molar-refractivity contribution in [2.45, 2.75) is 27.4 Å². The summed E-state index contributed by atoms with van der Waals surface area (Å²) in [4.78, 5) is 0. The molecular formula is C16H20Cl2O. The predicted octanol–water partition coefficient (Wildman–Crippen LogP) is 6.01. The number of halogens is 2. The second-order valence-corrected chi connectivity index (χ2v) is 4.58. The van der Waals surface area contributed by atoms with Crippen LogP contribution in [0.15, 0.2) is 64.9 Å². The van der Waals surface area contributed by atoms with Crippen LogP contribution in [0.5, 0.6) is 0 Å². The van der Waals surface area contributed by atoms with Crippen LogP contribution in [-0.4, -0.2) is 0 Å². The summed E-state index contributed by atoms with van der Waals surface area (Å²) < 4.78 is 5.60. The second kappa shape index (κ2) is 10.7. The summed E-state index contributed by atoms with van der Waals surface area (Å²) in [5.41, 5.74) is 1.08. The van der Waals surface area contributed by atoms with Gasteiger partial charge in [0.25, 0.3) is 0 Å². The maximum Gasteiger partial charge on any atom is 0.122 e. The number of allylic oxidation sites excluding steroid dienone is 4. The molecule has 0 spiro atoms. The van der Waals surface area contributed by atoms with Crippen LogP contribution in [-0.2, 0) is 11.3 Å². The summed E-state index contributed by atoms with van der Waals surface area (Å²) in [5, 5.41) is 1.03. The van der Waals surface area contributed by atoms with Crippen molar-refractivity contribution < 1.29 is 4.74 Å². The first-order valence-electron chi connectivity index (χ1n) is 6.14. The first-order chi connectivity index (χ1) is 9.08. The van der Waals surface area contributed by atoms with Gasteiger partial charge in [-0.25, -0.2) is 0 Å². The summed E-state index contributed by atoms with van der Waals surface area (Å²) in [5.74, 6) is 0.598. The monoisotopic (exact) mass is 298 g/mol. The number of benzene rings is 1. The van der Waals surface area contributed by atoms with Gasteiger partial charge in [-0.2, -0.15) is 0 Å². The SMILES string of the molecule is C=C(Cl)/C=C(\C=C(/C)Cl)OCc1ccccc1.CC. The summed E-state index contributed by atoms with van der Waals surface area (Å²) in [6.45, 7) is 9.84. The first kappa shape index (κ1) is 17.8. The molecule has 1 rings (SSSR count). The van der Waals surface area contributed by atoms with Crippen molar-refractivity contribution in [3.05, 3.63) is 70.5 Å². The van der Waals surface area contributed by atoms with E-state index in [4.69, 9.17) is 27.9 Å². The lowest BCUT2D eigenvalue weighted by molar-refractivity contribution is 0.211. The van der Waals surface area contributed by atoms with E-state index in [0.717, 1.165) is 5.56 Å². The van der Waals surface area contributed by atoms with Crippen molar-refractivity contribution in [3.63, 3.8) is 0 Å². The molecule has 104 valence electrons. The maximum atomic E-state index is 5.81. The fourth-order valence-corrected chi connectivity index (χ4v) is 1.43. The van der Waals surface area contributed by atoms with E-state index in [9.17, 15) is 0 Å². The quantitative estimate of drug-likeness (QED) is 0.478. The number of hydrogen-bond acceptors (Lipinski definition) is 1. The molecule has 0 aromatic heterocycles. The second-order valence-electron chi connectivity index (χ2n) is 3.50. The summed E-state index contributed by atoms with van der Waals surface area (Å²) in [7, 11) is 0. The van der Waals surface area contributed by atoms with Gasteiger partial charge in [-0.15, -0.1) is 0 Å². The Morgan fingerprint density at radius 1 is 1.16 bits per heavy atom. The molecule has 0 aliphatic rings. The zero-order valence-corrected chi connectivity index (χ0v) is 13.1. The minimum absolute atomic E-state index is 0.405. The van der Waals surface area contributed by atoms with Gasteiger partial charge < -0.3 is 4.74 Å². The Morgan fingerprint density at radius 2 is 1.74 bits per heavy atom. The van der Waals surface area contributed by atoms with E-state index in [2.05, 4.69) is 6.58 Å². The molecule has 0 heterocycles. The molecule has 1 aromatic carbocycles. The molecule has 1 nitrogen and oxygen atoms in total. The fourth-order valence-electron chi connectivity index (χ4n) is 1.22. The maximum absolute atomic E-state index is 5.81. The first-order valence-corrected chi connectivity index (χ1v) is 6.90. The lowest BCUT2D eigenvalue weighted by Crippen LogP contribution is -1.92. The highest BCUT2D eigenvalue weighted by Gasteiger charge is 1.98. The average Bonchev–Trinajstić information content (AvgIpc) is 2.38. The Bertz CT molecular complexity index is 429. The van der Waals surface area contributed by atoms with Crippen LogP contribution >= 0.6 is 23.2 Å². The molecule has 0 atom stereocenters. The lowest BCUT2D eigenvalue weighted by Gasteiger charge is -2.07. The number of hydrogen-bond donors (Lipinski definition) is 0. The van der Waals surface area contributed by atoms with E-state index in [0.29, 0.717) is 22.4 Å². The third kappa shape index (κ3) is 9.40. The van der Waals surface area contributed by atoms with Gasteiger partial charge >= 0.3 is 0 Å². The predicted molar refractivity (Wildman–Crippen MR) is 85.3 cm³/mol. The highest BCUT2D eigenvalue weighted by atomic mass is 35.5. The molecular weight excluding hydrogens is 279 g/mol. The highest BCUT2D eigenvalue weighted by molar-refractivity contribution is 6.31. The molecule has 0 aliphatic carbocycles. The van der Waals surface area contributed by atoms with Crippen LogP contribution in [0.2, 0.25) is 0 Å². The number of ether oxygens (including phenoxy) is 1. The molecule has 0 fully saturated rings. The Hall–Kier alpha value is -1.18. The van der Waals surface area contributed by atoms with E-state index >= 15 is 0 Å². The molecule has 0 bridgehead atoms. The van der Waals surface area contributed by atoms with Crippen LogP contribution in [0.4, 0.5) is 0 Å². The topological polar surface area (TPSA) is 9.23 Å². The van der Waals surface area contributed by atoms with E-state index < -0.39 is 0 Å². The standard InChI is InChI=1S/C14H14Cl2O.C2H6/c1-11(15)8-14(9-12(2)16)17-10-13-6-4-3-5-7-13;1-2/h3-9H,1,10H2,2H3;1-2H3/b12-9+,14-8+;. The third-order valence-electron chi connectivity index (χ3n) is 1.89. The van der Waals surface area contributed by atoms with Crippen molar-refractivity contribution in [1.29, 1.82) is 0 Å². The molecule has 0 saturated carbocycles. The molecule has 1 aromatic rings. The summed E-state index contributed by atoms with van der Waals surface area (Å²) in [6.07, 6.45) is 3.34. The van der Waals surface area contributed by atoms with E-state index in [1.807, 2.05) is 44.2 Å². The minimum Gasteiger partial charge on any atom is -0.489 e. The summed E-state index contributed by atoms with van der Waals surface area (Å²) >= 11 is 11.5. The Labute approximate surface area is 126 Å². The van der Waals surface area contributed by atoms with Gasteiger partial charge in [-0.1, -0.05) is 74.0 Å². The fraction of sp³-hybridized carbons (Fsp3) is 0.250. The van der Waals surface area contributed by atoms with Gasteiger partial charge in [-0.05, 0) is 24.6 Å². The Balaban J connectivity index is 0.00000154. The van der Waals surface area contributed by atoms with E-state index in [1.54, 1.807) is 19.1 Å². The normalized spacial score (nSPS) is 11.4. The third-order valence-corrected chi connectivity index (χ3v) is 2.11. The molecule has 0 radical (unpaired) electrons. The van der Waals surface area contributed by atoms with Crippen molar-refractivity contribution in [1.82, 2.24) is 0 Å². The van der Waals surface area contributed by atoms with E-state index in [-0.39, 0.29) is 0 Å². The van der Waals surface area contributed by atoms with Crippen LogP contribution < -0.4 is 0 Å². The van der Waals surface area contributed by atoms with Crippen LogP contribution in [0.1, 0.15) is 26.3 Å². The van der Waals surface area contributed by atoms with Gasteiger partial charge in [0.05, 0.1) is 0 Å². The molecule has 0 aliphatic heterocycles. The van der Waals surface area contributed by atoms with Gasteiger partial charge in [0.15, 0.2) is 0 Å². The minimum atomic E-state index is 0.405. The average molecular weight is 299 g/mol. The molecule has 0 unspecified atom stereocenters. The van der Waals surface area contributed by atoms with Crippen molar-refractivity contribution >= 4 is 23.2 Å². The molecule has 0 N–H and O–H groups in total. The van der Waals surface area contributed by atoms with Crippen molar-refractivity contribution in [3.8, 4) is 0 Å². The van der Waals surface area contributed by atoms with Gasteiger partial charge in [0.2, 0.25) is 0 Å². The van der Waals surface area contributed by atoms with Crippen LogP contribution in [0, 0.1) is 0 Å². The molecule has 19 heavy (non-hydrogen) atoms. The van der Waals surface area contributed by atoms with Crippen molar-refractivity contribution in [2.75, 3.05) is 0 Å². The van der Waals surface area contributed by atoms with Crippen LogP contribution in [0.3, 0.4) is 0 Å². The zero-order chi connectivity index (χ0) is 14.7. The zero-order valence-electron chi connectivity index (χ0n) is 11.6. The molecule has 3 heteroatoms. The number of rotatable bonds is 5. The molecule has 0 amide bonds. The van der Waals surface area contributed by atoms with Gasteiger partial charge in [0, 0.05) is 10.1 Å². The van der Waals surface area contributed by atoms with E-state index in [1.165, 1.54) is 0 Å². The smallest absolute Gasteiger partial charge is 0.122 e. The van der Waals surface area contributed by atoms with Gasteiger partial charge in [-0.3, -0.25) is 0 Å². The lowest BCUT2D eigenvalue weighted by atomic mass is 10.2. The Kier molecular flexibility index (Phi) is 10.1. The van der Waals surface area contributed by atoms with Crippen molar-refractivity contribution in [2.24, 2.45) is 0 Å². The van der Waals surface area contributed by atoms with Gasteiger partial charge in [0.1, 0.15) is 12.4 Å². The molecule has 0 saturated heterocycles. The highest BCUT2D eigenvalue weighted by Crippen LogP contribution is 2.14. The largest absolute Gasteiger partial charge is 0.489 e. The summed E-state index contributed by atoms with van der Waals surface area (Å²) in [6, 6.07) is 9.87. The van der Waals surface area contributed by atoms with Crippen LogP contribution in [0.25, 0.3) is 0 Å².